The number of oxazole rings is 1. The van der Waals surface area contributed by atoms with Crippen LogP contribution in [0.15, 0.2) is 56.2 Å². The highest BCUT2D eigenvalue weighted by atomic mass is 19.4. The molecule has 0 bridgehead atoms. The van der Waals surface area contributed by atoms with Crippen molar-refractivity contribution < 1.29 is 46.2 Å². The van der Waals surface area contributed by atoms with Crippen molar-refractivity contribution in [2.75, 3.05) is 33.9 Å². The first kappa shape index (κ1) is 32.9. The van der Waals surface area contributed by atoms with Gasteiger partial charge in [0.25, 0.3) is 0 Å². The second-order valence-corrected chi connectivity index (χ2v) is 8.99. The number of benzene rings is 2. The molecule has 0 radical (unpaired) electrons. The van der Waals surface area contributed by atoms with Crippen LogP contribution in [-0.4, -0.2) is 71.2 Å². The Morgan fingerprint density at radius 3 is 2.33 bits per heavy atom. The third-order valence-corrected chi connectivity index (χ3v) is 6.05. The minimum absolute atomic E-state index is 0.208. The van der Waals surface area contributed by atoms with Crippen LogP contribution in [0.5, 0.6) is 11.5 Å². The fraction of sp³-hybridized carbons (Fsp3) is 0.357. The number of ether oxygens (including phenoxy) is 3. The number of halogens is 3. The number of rotatable bonds is 12. The van der Waals surface area contributed by atoms with Crippen molar-refractivity contribution >= 4 is 5.97 Å². The second kappa shape index (κ2) is 15.0. The van der Waals surface area contributed by atoms with Crippen LogP contribution in [0.1, 0.15) is 23.9 Å². The molecule has 0 spiro atoms. The molecule has 4 rings (SSSR count). The number of aromatic amines is 1. The Balaban J connectivity index is 0.000000646. The van der Waals surface area contributed by atoms with E-state index in [9.17, 15) is 18.0 Å². The van der Waals surface area contributed by atoms with Gasteiger partial charge in [0.2, 0.25) is 5.89 Å². The third-order valence-electron chi connectivity index (χ3n) is 6.05. The number of hydrogen-bond donors (Lipinski definition) is 2. The lowest BCUT2D eigenvalue weighted by Gasteiger charge is -2.19. The van der Waals surface area contributed by atoms with Crippen molar-refractivity contribution in [2.24, 2.45) is 0 Å². The topological polar surface area (TPSA) is 153 Å². The van der Waals surface area contributed by atoms with E-state index >= 15 is 0 Å². The minimum atomic E-state index is -5.08. The van der Waals surface area contributed by atoms with E-state index < -0.39 is 17.9 Å². The van der Waals surface area contributed by atoms with Crippen molar-refractivity contribution in [2.45, 2.75) is 33.2 Å². The average Bonchev–Trinajstić information content (AvgIpc) is 3.59. The van der Waals surface area contributed by atoms with E-state index in [1.54, 1.807) is 14.2 Å². The molecule has 2 aromatic heterocycles. The molecule has 0 unspecified atom stereocenters. The summed E-state index contributed by atoms with van der Waals surface area (Å²) >= 11 is 0. The lowest BCUT2D eigenvalue weighted by Crippen LogP contribution is -2.27. The number of carboxylic acid groups (broad SMARTS) is 1. The highest BCUT2D eigenvalue weighted by Crippen LogP contribution is 2.28. The van der Waals surface area contributed by atoms with Gasteiger partial charge >= 0.3 is 17.9 Å². The number of carbonyl (C=O) groups is 1. The molecule has 0 aliphatic carbocycles. The Kier molecular flexibility index (Phi) is 11.5. The number of aliphatic carboxylic acids is 1. The molecule has 0 saturated heterocycles. The summed E-state index contributed by atoms with van der Waals surface area (Å²) in [6, 6.07) is 13.1. The summed E-state index contributed by atoms with van der Waals surface area (Å²) in [5, 5.41) is 10.9. The van der Waals surface area contributed by atoms with Gasteiger partial charge in [-0.05, 0) is 61.5 Å². The minimum Gasteiger partial charge on any atom is -0.497 e. The van der Waals surface area contributed by atoms with Gasteiger partial charge in [-0.15, -0.1) is 0 Å². The number of aryl methyl sites for hydroxylation is 1. The van der Waals surface area contributed by atoms with Crippen molar-refractivity contribution in [3.8, 4) is 34.3 Å². The first-order valence-electron chi connectivity index (χ1n) is 12.9. The molecular formula is C28H31F3N4O8. The maximum absolute atomic E-state index is 11.3. The van der Waals surface area contributed by atoms with Crippen molar-refractivity contribution in [1.82, 2.24) is 20.0 Å². The molecular weight excluding hydrogens is 577 g/mol. The van der Waals surface area contributed by atoms with E-state index in [2.05, 4.69) is 26.5 Å². The number of nitrogens with zero attached hydrogens (tertiary/aromatic N) is 3. The van der Waals surface area contributed by atoms with Gasteiger partial charge in [0.15, 0.2) is 11.6 Å². The van der Waals surface area contributed by atoms with Crippen LogP contribution in [0, 0.1) is 6.92 Å². The molecule has 0 aliphatic rings. The number of nitrogens with one attached hydrogen (secondary N) is 1. The van der Waals surface area contributed by atoms with Crippen molar-refractivity contribution in [3.63, 3.8) is 0 Å². The molecule has 2 N–H and O–H groups in total. The maximum Gasteiger partial charge on any atom is 0.490 e. The predicted molar refractivity (Wildman–Crippen MR) is 147 cm³/mol. The number of H-pyrrole nitrogens is 1. The lowest BCUT2D eigenvalue weighted by molar-refractivity contribution is -0.192. The van der Waals surface area contributed by atoms with Crippen LogP contribution >= 0.6 is 0 Å². The number of aromatic nitrogens is 3. The molecule has 15 heteroatoms. The Hall–Kier alpha value is -4.63. The Labute approximate surface area is 244 Å². The molecule has 0 fully saturated rings. The smallest absolute Gasteiger partial charge is 0.490 e. The molecule has 4 aromatic rings. The normalized spacial score (nSPS) is 11.3. The van der Waals surface area contributed by atoms with Gasteiger partial charge in [0.1, 0.15) is 23.8 Å². The fourth-order valence-electron chi connectivity index (χ4n) is 3.74. The standard InChI is InChI=1S/C26H30N4O6.C2HF3O2/c1-5-30(12-13-32-3)15-22-23(35-25(27-22)18-6-8-19(33-4)9-7-18)16-34-20-10-11-21(17(2)14-20)24-28-26(31)36-29-24;3-2(4,5)1(6)7/h6-11,14H,5,12-13,15-16H2,1-4H3,(H,28,29,31);(H,6,7). The van der Waals surface area contributed by atoms with E-state index in [1.807, 2.05) is 49.4 Å². The van der Waals surface area contributed by atoms with E-state index in [1.165, 1.54) is 0 Å². The van der Waals surface area contributed by atoms with Gasteiger partial charge in [-0.1, -0.05) is 12.1 Å². The number of methoxy groups -OCH3 is 2. The van der Waals surface area contributed by atoms with Gasteiger partial charge in [-0.25, -0.2) is 14.6 Å². The highest BCUT2D eigenvalue weighted by Gasteiger charge is 2.38. The van der Waals surface area contributed by atoms with Crippen molar-refractivity contribution in [3.05, 3.63) is 70.0 Å². The number of hydrogen-bond acceptors (Lipinski definition) is 10. The Bertz CT molecular complexity index is 1530. The van der Waals surface area contributed by atoms with E-state index in [4.69, 9.17) is 33.5 Å². The zero-order chi connectivity index (χ0) is 31.6. The van der Waals surface area contributed by atoms with Gasteiger partial charge in [-0.3, -0.25) is 14.4 Å². The van der Waals surface area contributed by atoms with Gasteiger partial charge in [0.05, 0.1) is 13.7 Å². The predicted octanol–water partition coefficient (Wildman–Crippen LogP) is 4.68. The molecule has 12 nitrogen and oxygen atoms in total. The van der Waals surface area contributed by atoms with Crippen LogP contribution in [0.25, 0.3) is 22.8 Å². The van der Waals surface area contributed by atoms with Gasteiger partial charge in [-0.2, -0.15) is 13.2 Å². The molecule has 0 atom stereocenters. The second-order valence-electron chi connectivity index (χ2n) is 8.99. The summed E-state index contributed by atoms with van der Waals surface area (Å²) in [6.45, 7) is 7.08. The Morgan fingerprint density at radius 2 is 1.79 bits per heavy atom. The summed E-state index contributed by atoms with van der Waals surface area (Å²) in [5.74, 6) is -0.382. The zero-order valence-corrected chi connectivity index (χ0v) is 23.9. The number of alkyl halides is 3. The summed E-state index contributed by atoms with van der Waals surface area (Å²) in [6.07, 6.45) is -5.08. The largest absolute Gasteiger partial charge is 0.497 e. The number of likely N-dealkylation sites (N-methyl/N-ethyl adjacent to an activating group) is 1. The summed E-state index contributed by atoms with van der Waals surface area (Å²) in [4.78, 5) is 29.8. The van der Waals surface area contributed by atoms with Gasteiger partial charge < -0.3 is 23.7 Å². The van der Waals surface area contributed by atoms with Crippen molar-refractivity contribution in [1.29, 1.82) is 0 Å². The molecule has 2 aromatic carbocycles. The third kappa shape index (κ3) is 9.44. The fourth-order valence-corrected chi connectivity index (χ4v) is 3.74. The maximum atomic E-state index is 11.3. The monoisotopic (exact) mass is 608 g/mol. The lowest BCUT2D eigenvalue weighted by atomic mass is 10.1. The number of carboxylic acids is 1. The quantitative estimate of drug-likeness (QED) is 0.230. The molecule has 232 valence electrons. The SMILES string of the molecule is CCN(CCOC)Cc1nc(-c2ccc(OC)cc2)oc1COc1ccc(-c2noc(=O)[nH]2)c(C)c1.O=C(O)C(F)(F)F. The summed E-state index contributed by atoms with van der Waals surface area (Å²) in [5.41, 5.74) is 3.30. The van der Waals surface area contributed by atoms with Crippen LogP contribution in [0.2, 0.25) is 0 Å². The Morgan fingerprint density at radius 1 is 1.12 bits per heavy atom. The van der Waals surface area contributed by atoms with Crippen LogP contribution in [0.4, 0.5) is 13.2 Å². The van der Waals surface area contributed by atoms with Crippen LogP contribution in [-0.2, 0) is 22.7 Å². The van der Waals surface area contributed by atoms with Crippen LogP contribution < -0.4 is 15.2 Å². The highest BCUT2D eigenvalue weighted by molar-refractivity contribution is 5.73. The van der Waals surface area contributed by atoms with Crippen LogP contribution in [0.3, 0.4) is 0 Å². The molecule has 0 aliphatic heterocycles. The first-order valence-corrected chi connectivity index (χ1v) is 12.9. The van der Waals surface area contributed by atoms with E-state index in [-0.39, 0.29) is 6.61 Å². The van der Waals surface area contributed by atoms with Gasteiger partial charge in [0, 0.05) is 31.3 Å². The molecule has 2 heterocycles. The zero-order valence-electron chi connectivity index (χ0n) is 23.9. The molecule has 0 amide bonds. The summed E-state index contributed by atoms with van der Waals surface area (Å²) in [7, 11) is 3.32. The first-order chi connectivity index (χ1) is 20.4. The van der Waals surface area contributed by atoms with E-state index in [0.29, 0.717) is 36.4 Å². The molecule has 43 heavy (non-hydrogen) atoms. The van der Waals surface area contributed by atoms with E-state index in [0.717, 1.165) is 41.2 Å². The molecule has 0 saturated carbocycles. The summed E-state index contributed by atoms with van der Waals surface area (Å²) < 4.78 is 59.1. The average molecular weight is 609 g/mol.